The smallest absolute Gasteiger partial charge is 0.148 e. The second-order valence-electron chi connectivity index (χ2n) is 3.91. The van der Waals surface area contributed by atoms with Crippen molar-refractivity contribution in [1.82, 2.24) is 9.97 Å². The van der Waals surface area contributed by atoms with Gasteiger partial charge in [0.1, 0.15) is 28.4 Å². The molecule has 1 aromatic carbocycles. The highest BCUT2D eigenvalue weighted by atomic mass is 79.9. The molecular formula is C12H9BrClF2N3. The van der Waals surface area contributed by atoms with E-state index in [0.717, 1.165) is 12.1 Å². The highest BCUT2D eigenvalue weighted by Crippen LogP contribution is 2.28. The SMILES string of the molecule is Cc1nc(Cl)c(C)c(Nc2cc(F)c(Br)cc2F)n1. The zero-order valence-electron chi connectivity index (χ0n) is 10.1. The van der Waals surface area contributed by atoms with E-state index in [2.05, 4.69) is 31.2 Å². The van der Waals surface area contributed by atoms with Crippen LogP contribution in [-0.2, 0) is 0 Å². The maximum atomic E-state index is 13.7. The molecule has 0 aliphatic heterocycles. The number of anilines is 2. The van der Waals surface area contributed by atoms with E-state index in [4.69, 9.17) is 11.6 Å². The lowest BCUT2D eigenvalue weighted by molar-refractivity contribution is 0.597. The van der Waals surface area contributed by atoms with Gasteiger partial charge in [0, 0.05) is 11.6 Å². The third kappa shape index (κ3) is 3.01. The second kappa shape index (κ2) is 5.38. The first-order chi connectivity index (χ1) is 8.88. The van der Waals surface area contributed by atoms with Crippen molar-refractivity contribution >= 4 is 39.0 Å². The summed E-state index contributed by atoms with van der Waals surface area (Å²) >= 11 is 8.83. The Morgan fingerprint density at radius 1 is 1.16 bits per heavy atom. The summed E-state index contributed by atoms with van der Waals surface area (Å²) in [5.41, 5.74) is 0.549. The van der Waals surface area contributed by atoms with Crippen molar-refractivity contribution in [1.29, 1.82) is 0 Å². The van der Waals surface area contributed by atoms with E-state index in [0.29, 0.717) is 17.2 Å². The normalized spacial score (nSPS) is 10.6. The largest absolute Gasteiger partial charge is 0.337 e. The van der Waals surface area contributed by atoms with Crippen LogP contribution in [0.15, 0.2) is 16.6 Å². The Kier molecular flexibility index (Phi) is 4.01. The van der Waals surface area contributed by atoms with Crippen LogP contribution in [0.5, 0.6) is 0 Å². The Morgan fingerprint density at radius 3 is 2.53 bits per heavy atom. The molecule has 0 amide bonds. The highest BCUT2D eigenvalue weighted by molar-refractivity contribution is 9.10. The van der Waals surface area contributed by atoms with Crippen LogP contribution in [0.1, 0.15) is 11.4 Å². The maximum absolute atomic E-state index is 13.7. The zero-order valence-corrected chi connectivity index (χ0v) is 12.4. The molecule has 1 N–H and O–H groups in total. The van der Waals surface area contributed by atoms with Gasteiger partial charge in [0.05, 0.1) is 10.2 Å². The van der Waals surface area contributed by atoms with Crippen molar-refractivity contribution in [2.24, 2.45) is 0 Å². The van der Waals surface area contributed by atoms with Gasteiger partial charge < -0.3 is 5.32 Å². The number of aromatic nitrogens is 2. The monoisotopic (exact) mass is 347 g/mol. The number of hydrogen-bond donors (Lipinski definition) is 1. The molecule has 1 heterocycles. The van der Waals surface area contributed by atoms with Crippen LogP contribution < -0.4 is 5.32 Å². The molecule has 0 bridgehead atoms. The fourth-order valence-corrected chi connectivity index (χ4v) is 1.99. The molecule has 1 aromatic heterocycles. The highest BCUT2D eigenvalue weighted by Gasteiger charge is 2.12. The minimum Gasteiger partial charge on any atom is -0.337 e. The second-order valence-corrected chi connectivity index (χ2v) is 5.12. The molecule has 100 valence electrons. The van der Waals surface area contributed by atoms with Gasteiger partial charge in [-0.2, -0.15) is 0 Å². The van der Waals surface area contributed by atoms with Crippen LogP contribution in [0.3, 0.4) is 0 Å². The fraction of sp³-hybridized carbons (Fsp3) is 0.167. The number of aryl methyl sites for hydroxylation is 1. The van der Waals surface area contributed by atoms with Crippen LogP contribution in [-0.4, -0.2) is 9.97 Å². The summed E-state index contributed by atoms with van der Waals surface area (Å²) in [5.74, 6) is -0.382. The zero-order chi connectivity index (χ0) is 14.2. The topological polar surface area (TPSA) is 37.8 Å². The van der Waals surface area contributed by atoms with Crippen molar-refractivity contribution in [3.63, 3.8) is 0 Å². The van der Waals surface area contributed by atoms with Gasteiger partial charge in [-0.3, -0.25) is 0 Å². The Balaban J connectivity index is 2.44. The van der Waals surface area contributed by atoms with E-state index in [1.165, 1.54) is 0 Å². The minimum atomic E-state index is -0.597. The molecule has 2 aromatic rings. The van der Waals surface area contributed by atoms with Gasteiger partial charge in [-0.15, -0.1) is 0 Å². The Morgan fingerprint density at radius 2 is 1.84 bits per heavy atom. The predicted molar refractivity (Wildman–Crippen MR) is 73.9 cm³/mol. The third-order valence-corrected chi connectivity index (χ3v) is 3.44. The van der Waals surface area contributed by atoms with Gasteiger partial charge in [0.2, 0.25) is 0 Å². The molecule has 0 aliphatic carbocycles. The fourth-order valence-electron chi connectivity index (χ4n) is 1.46. The van der Waals surface area contributed by atoms with E-state index >= 15 is 0 Å². The molecule has 2 rings (SSSR count). The molecule has 3 nitrogen and oxygen atoms in total. The molecule has 0 fully saturated rings. The predicted octanol–water partition coefficient (Wildman–Crippen LogP) is 4.53. The van der Waals surface area contributed by atoms with Crippen molar-refractivity contribution < 1.29 is 8.78 Å². The van der Waals surface area contributed by atoms with E-state index in [1.54, 1.807) is 13.8 Å². The number of nitrogens with one attached hydrogen (secondary N) is 1. The van der Waals surface area contributed by atoms with Gasteiger partial charge in [-0.1, -0.05) is 11.6 Å². The molecule has 0 atom stereocenters. The summed E-state index contributed by atoms with van der Waals surface area (Å²) in [5, 5.41) is 2.99. The lowest BCUT2D eigenvalue weighted by atomic mass is 10.2. The summed E-state index contributed by atoms with van der Waals surface area (Å²) < 4.78 is 27.2. The van der Waals surface area contributed by atoms with E-state index in [9.17, 15) is 8.78 Å². The van der Waals surface area contributed by atoms with Crippen molar-refractivity contribution in [2.75, 3.05) is 5.32 Å². The van der Waals surface area contributed by atoms with Crippen molar-refractivity contribution in [3.05, 3.63) is 44.8 Å². The summed E-state index contributed by atoms with van der Waals surface area (Å²) in [6, 6.07) is 2.09. The summed E-state index contributed by atoms with van der Waals surface area (Å²) in [6.45, 7) is 3.35. The molecule has 0 saturated heterocycles. The number of nitrogens with zero attached hydrogens (tertiary/aromatic N) is 2. The third-order valence-electron chi connectivity index (χ3n) is 2.46. The molecule has 0 aliphatic rings. The summed E-state index contributed by atoms with van der Waals surface area (Å²) in [7, 11) is 0. The number of rotatable bonds is 2. The lowest BCUT2D eigenvalue weighted by Gasteiger charge is -2.11. The van der Waals surface area contributed by atoms with E-state index in [1.807, 2.05) is 0 Å². The Hall–Kier alpha value is -1.27. The minimum absolute atomic E-state index is 0.0158. The van der Waals surface area contributed by atoms with E-state index < -0.39 is 11.6 Å². The van der Waals surface area contributed by atoms with Crippen molar-refractivity contribution in [3.8, 4) is 0 Å². The van der Waals surface area contributed by atoms with Gasteiger partial charge in [0.15, 0.2) is 0 Å². The molecule has 0 radical (unpaired) electrons. The van der Waals surface area contributed by atoms with Crippen LogP contribution in [0.2, 0.25) is 5.15 Å². The molecular weight excluding hydrogens is 340 g/mol. The quantitative estimate of drug-likeness (QED) is 0.640. The van der Waals surface area contributed by atoms with Crippen LogP contribution >= 0.6 is 27.5 Å². The molecule has 0 spiro atoms. The first-order valence-electron chi connectivity index (χ1n) is 5.31. The van der Waals surface area contributed by atoms with E-state index in [-0.39, 0.29) is 15.3 Å². The van der Waals surface area contributed by atoms with Crippen molar-refractivity contribution in [2.45, 2.75) is 13.8 Å². The number of benzene rings is 1. The summed E-state index contributed by atoms with van der Waals surface area (Å²) in [4.78, 5) is 8.08. The number of hydrogen-bond acceptors (Lipinski definition) is 3. The summed E-state index contributed by atoms with van der Waals surface area (Å²) in [6.07, 6.45) is 0. The Bertz CT molecular complexity index is 649. The molecule has 19 heavy (non-hydrogen) atoms. The molecule has 0 unspecified atom stereocenters. The number of halogens is 4. The first-order valence-corrected chi connectivity index (χ1v) is 6.48. The first kappa shape index (κ1) is 14.1. The average Bonchev–Trinajstić information content (AvgIpc) is 2.32. The maximum Gasteiger partial charge on any atom is 0.148 e. The van der Waals surface area contributed by atoms with Gasteiger partial charge in [-0.05, 0) is 35.8 Å². The van der Waals surface area contributed by atoms with Gasteiger partial charge >= 0.3 is 0 Å². The lowest BCUT2D eigenvalue weighted by Crippen LogP contribution is -2.03. The Labute approximate surface area is 122 Å². The van der Waals surface area contributed by atoms with Gasteiger partial charge in [0.25, 0.3) is 0 Å². The average molecular weight is 349 g/mol. The van der Waals surface area contributed by atoms with Crippen LogP contribution in [0.4, 0.5) is 20.3 Å². The van der Waals surface area contributed by atoms with Crippen LogP contribution in [0.25, 0.3) is 0 Å². The van der Waals surface area contributed by atoms with Gasteiger partial charge in [-0.25, -0.2) is 18.7 Å². The molecule has 0 saturated carbocycles. The van der Waals surface area contributed by atoms with Crippen LogP contribution in [0, 0.1) is 25.5 Å². The standard InChI is InChI=1S/C12H9BrClF2N3/c1-5-11(14)17-6(2)18-12(5)19-10-4-8(15)7(13)3-9(10)16/h3-4H,1-2H3,(H,17,18,19). The molecule has 7 heteroatoms.